The maximum atomic E-state index is 11.8. The topological polar surface area (TPSA) is 46.5 Å². The van der Waals surface area contributed by atoms with Gasteiger partial charge in [-0.3, -0.25) is 4.79 Å². The van der Waals surface area contributed by atoms with Crippen molar-refractivity contribution in [2.75, 3.05) is 0 Å². The van der Waals surface area contributed by atoms with Crippen LogP contribution < -0.4 is 0 Å². The van der Waals surface area contributed by atoms with Crippen molar-refractivity contribution in [2.24, 2.45) is 29.1 Å². The fourth-order valence-electron chi connectivity index (χ4n) is 4.85. The number of ether oxygens (including phenoxy) is 1. The summed E-state index contributed by atoms with van der Waals surface area (Å²) >= 11 is 0. The van der Waals surface area contributed by atoms with Crippen LogP contribution in [-0.2, 0) is 9.53 Å². The lowest BCUT2D eigenvalue weighted by Crippen LogP contribution is -2.55. The minimum atomic E-state index is -0.228. The minimum Gasteiger partial charge on any atom is -0.462 e. The Bertz CT molecular complexity index is 367. The van der Waals surface area contributed by atoms with Gasteiger partial charge in [0.2, 0.25) is 0 Å². The molecule has 18 heavy (non-hydrogen) atoms. The first-order chi connectivity index (χ1) is 8.45. The lowest BCUT2D eigenvalue weighted by molar-refractivity contribution is -0.166. The summed E-state index contributed by atoms with van der Waals surface area (Å²) in [5.41, 5.74) is -0.0524. The van der Waals surface area contributed by atoms with E-state index in [1.54, 1.807) is 0 Å². The van der Waals surface area contributed by atoms with Gasteiger partial charge in [0.15, 0.2) is 0 Å². The highest BCUT2D eigenvalue weighted by molar-refractivity contribution is 5.75. The van der Waals surface area contributed by atoms with E-state index in [1.807, 2.05) is 6.92 Å². The molecule has 3 rings (SSSR count). The molecule has 7 atom stereocenters. The van der Waals surface area contributed by atoms with E-state index in [9.17, 15) is 9.90 Å². The van der Waals surface area contributed by atoms with E-state index in [-0.39, 0.29) is 29.5 Å². The maximum absolute atomic E-state index is 11.8. The Morgan fingerprint density at radius 2 is 2.00 bits per heavy atom. The number of carbonyl (C=O) groups excluding carboxylic acids is 1. The summed E-state index contributed by atoms with van der Waals surface area (Å²) in [4.78, 5) is 11.8. The first kappa shape index (κ1) is 12.5. The maximum Gasteiger partial charge on any atom is 0.309 e. The second-order valence-electron chi connectivity index (χ2n) is 6.99. The van der Waals surface area contributed by atoms with Crippen LogP contribution >= 0.6 is 0 Å². The van der Waals surface area contributed by atoms with E-state index in [4.69, 9.17) is 4.74 Å². The summed E-state index contributed by atoms with van der Waals surface area (Å²) in [5, 5.41) is 10.4. The van der Waals surface area contributed by atoms with Gasteiger partial charge in [0.05, 0.1) is 12.0 Å². The molecule has 102 valence electrons. The Labute approximate surface area is 109 Å². The highest BCUT2D eigenvalue weighted by Gasteiger charge is 2.59. The predicted octanol–water partition coefficient (Wildman–Crippen LogP) is 2.37. The molecule has 0 spiro atoms. The summed E-state index contributed by atoms with van der Waals surface area (Å²) in [6.07, 6.45) is 3.83. The molecule has 0 amide bonds. The predicted molar refractivity (Wildman–Crippen MR) is 67.8 cm³/mol. The number of aliphatic hydroxyl groups excluding tert-OH is 1. The largest absolute Gasteiger partial charge is 0.462 e. The average Bonchev–Trinajstić information content (AvgIpc) is 2.60. The van der Waals surface area contributed by atoms with Crippen molar-refractivity contribution in [3.63, 3.8) is 0 Å². The number of hydrogen-bond acceptors (Lipinski definition) is 3. The van der Waals surface area contributed by atoms with Crippen molar-refractivity contribution in [1.29, 1.82) is 0 Å². The lowest BCUT2D eigenvalue weighted by atomic mass is 9.52. The molecule has 0 radical (unpaired) electrons. The third-order valence-corrected chi connectivity index (χ3v) is 6.09. The molecule has 0 aromatic carbocycles. The smallest absolute Gasteiger partial charge is 0.309 e. The molecular formula is C15H24O3. The van der Waals surface area contributed by atoms with E-state index in [2.05, 4.69) is 13.8 Å². The third kappa shape index (κ3) is 1.49. The first-order valence-corrected chi connectivity index (χ1v) is 7.33. The zero-order chi connectivity index (χ0) is 13.1. The van der Waals surface area contributed by atoms with Gasteiger partial charge in [-0.05, 0) is 31.6 Å². The molecule has 1 heterocycles. The van der Waals surface area contributed by atoms with Gasteiger partial charge in [-0.1, -0.05) is 20.8 Å². The molecule has 0 aromatic heterocycles. The highest BCUT2D eigenvalue weighted by atomic mass is 16.6. The van der Waals surface area contributed by atoms with Crippen LogP contribution in [0.15, 0.2) is 0 Å². The molecule has 2 saturated carbocycles. The van der Waals surface area contributed by atoms with Crippen LogP contribution in [0.25, 0.3) is 0 Å². The molecule has 3 nitrogen and oxygen atoms in total. The summed E-state index contributed by atoms with van der Waals surface area (Å²) < 4.78 is 5.68. The van der Waals surface area contributed by atoms with Crippen LogP contribution in [0.3, 0.4) is 0 Å². The van der Waals surface area contributed by atoms with Crippen LogP contribution in [-0.4, -0.2) is 23.3 Å². The van der Waals surface area contributed by atoms with Crippen molar-refractivity contribution < 1.29 is 14.6 Å². The van der Waals surface area contributed by atoms with Crippen LogP contribution in [0, 0.1) is 29.1 Å². The van der Waals surface area contributed by atoms with Crippen molar-refractivity contribution >= 4 is 5.97 Å². The third-order valence-electron chi connectivity index (χ3n) is 6.09. The second kappa shape index (κ2) is 3.96. The van der Waals surface area contributed by atoms with Crippen LogP contribution in [0.4, 0.5) is 0 Å². The summed E-state index contributed by atoms with van der Waals surface area (Å²) in [7, 11) is 0. The number of rotatable bonds is 0. The molecule has 3 heteroatoms. The minimum absolute atomic E-state index is 0.0264. The Balaban J connectivity index is 1.95. The molecule has 2 aliphatic carbocycles. The summed E-state index contributed by atoms with van der Waals surface area (Å²) in [6, 6.07) is 0. The van der Waals surface area contributed by atoms with Gasteiger partial charge < -0.3 is 9.84 Å². The Morgan fingerprint density at radius 3 is 2.72 bits per heavy atom. The van der Waals surface area contributed by atoms with E-state index in [0.29, 0.717) is 17.8 Å². The van der Waals surface area contributed by atoms with Gasteiger partial charge in [0, 0.05) is 17.3 Å². The average molecular weight is 252 g/mol. The molecule has 3 aliphatic rings. The SMILES string of the molecule is C[C@@H]1CC[C@H](O)[C@]2(C)CC[C@@H]3[C@@H](OC(=O)[C@H]3C)[C@@H]12. The van der Waals surface area contributed by atoms with Crippen LogP contribution in [0.2, 0.25) is 0 Å². The van der Waals surface area contributed by atoms with E-state index in [1.165, 1.54) is 0 Å². The molecule has 1 aliphatic heterocycles. The molecule has 1 N–H and O–H groups in total. The fourth-order valence-corrected chi connectivity index (χ4v) is 4.85. The quantitative estimate of drug-likeness (QED) is 0.673. The van der Waals surface area contributed by atoms with Crippen LogP contribution in [0.5, 0.6) is 0 Å². The van der Waals surface area contributed by atoms with Gasteiger partial charge >= 0.3 is 5.97 Å². The summed E-state index contributed by atoms with van der Waals surface area (Å²) in [5.74, 6) is 1.29. The fraction of sp³-hybridized carbons (Fsp3) is 0.933. The molecule has 0 unspecified atom stereocenters. The number of aliphatic hydroxyl groups is 1. The number of fused-ring (bicyclic) bond motifs is 3. The normalized spacial score (nSPS) is 55.7. The number of hydrogen-bond donors (Lipinski definition) is 1. The first-order valence-electron chi connectivity index (χ1n) is 7.33. The number of carbonyl (C=O) groups is 1. The van der Waals surface area contributed by atoms with Gasteiger partial charge in [0.25, 0.3) is 0 Å². The second-order valence-corrected chi connectivity index (χ2v) is 6.99. The van der Waals surface area contributed by atoms with E-state index >= 15 is 0 Å². The van der Waals surface area contributed by atoms with Gasteiger partial charge in [-0.15, -0.1) is 0 Å². The molecule has 0 aromatic rings. The lowest BCUT2D eigenvalue weighted by Gasteiger charge is -2.54. The number of esters is 1. The zero-order valence-electron chi connectivity index (χ0n) is 11.6. The Hall–Kier alpha value is -0.570. The Kier molecular flexibility index (Phi) is 2.74. The van der Waals surface area contributed by atoms with Crippen molar-refractivity contribution in [1.82, 2.24) is 0 Å². The van der Waals surface area contributed by atoms with Crippen molar-refractivity contribution in [3.05, 3.63) is 0 Å². The van der Waals surface area contributed by atoms with Gasteiger partial charge in [-0.25, -0.2) is 0 Å². The van der Waals surface area contributed by atoms with Crippen LogP contribution in [0.1, 0.15) is 46.5 Å². The van der Waals surface area contributed by atoms with Gasteiger partial charge in [-0.2, -0.15) is 0 Å². The Morgan fingerprint density at radius 1 is 1.28 bits per heavy atom. The standard InChI is InChI=1S/C15H24O3/c1-8-4-5-11(16)15(3)7-6-10-9(2)14(17)18-13(10)12(8)15/h8-13,16H,4-7H2,1-3H3/t8-,9+,10+,11+,12-,13-,15+/m1/s1. The van der Waals surface area contributed by atoms with Crippen molar-refractivity contribution in [2.45, 2.75) is 58.7 Å². The monoisotopic (exact) mass is 252 g/mol. The summed E-state index contributed by atoms with van der Waals surface area (Å²) in [6.45, 7) is 6.46. The van der Waals surface area contributed by atoms with E-state index in [0.717, 1.165) is 25.7 Å². The van der Waals surface area contributed by atoms with Crippen molar-refractivity contribution in [3.8, 4) is 0 Å². The van der Waals surface area contributed by atoms with E-state index < -0.39 is 0 Å². The molecular weight excluding hydrogens is 228 g/mol. The molecule has 3 fully saturated rings. The molecule has 0 bridgehead atoms. The molecule has 1 saturated heterocycles. The zero-order valence-corrected chi connectivity index (χ0v) is 11.6. The van der Waals surface area contributed by atoms with Gasteiger partial charge in [0.1, 0.15) is 6.10 Å². The highest BCUT2D eigenvalue weighted by Crippen LogP contribution is 2.57.